The van der Waals surface area contributed by atoms with Gasteiger partial charge in [0.2, 0.25) is 0 Å². The van der Waals surface area contributed by atoms with Gasteiger partial charge in [-0.2, -0.15) is 0 Å². The topological polar surface area (TPSA) is 64.3 Å². The van der Waals surface area contributed by atoms with Crippen molar-refractivity contribution in [1.82, 2.24) is 4.90 Å². The molecule has 1 aliphatic rings. The molecule has 8 heteroatoms. The molecule has 0 saturated carbocycles. The molecule has 0 radical (unpaired) electrons. The second-order valence-electron chi connectivity index (χ2n) is 6.54. The van der Waals surface area contributed by atoms with Crippen molar-refractivity contribution in [2.45, 2.75) is 6.54 Å². The number of carbonyl (C=O) groups is 1. The quantitative estimate of drug-likeness (QED) is 0.398. The molecule has 6 nitrogen and oxygen atoms in total. The van der Waals surface area contributed by atoms with E-state index in [9.17, 15) is 4.79 Å². The number of nitrogens with zero attached hydrogens (tertiary/aromatic N) is 2. The highest BCUT2D eigenvalue weighted by atomic mass is 79.9. The molecule has 0 N–H and O–H groups in total. The van der Waals surface area contributed by atoms with Gasteiger partial charge in [-0.15, -0.1) is 0 Å². The minimum absolute atomic E-state index is 0.148. The van der Waals surface area contributed by atoms with Crippen LogP contribution in [0.4, 0.5) is 5.69 Å². The highest BCUT2D eigenvalue weighted by Crippen LogP contribution is 2.39. The normalized spacial score (nSPS) is 16.4. The van der Waals surface area contributed by atoms with Crippen LogP contribution in [0.5, 0.6) is 11.5 Å². The Morgan fingerprint density at radius 1 is 1.10 bits per heavy atom. The molecule has 2 aromatic carbocycles. The van der Waals surface area contributed by atoms with Crippen LogP contribution < -0.4 is 9.47 Å². The number of para-hydroxylation sites is 1. The van der Waals surface area contributed by atoms with Crippen LogP contribution in [0.15, 0.2) is 79.6 Å². The van der Waals surface area contributed by atoms with Crippen molar-refractivity contribution >= 4 is 50.5 Å². The maximum Gasteiger partial charge on any atom is 0.267 e. The van der Waals surface area contributed by atoms with E-state index < -0.39 is 0 Å². The second-order valence-corrected chi connectivity index (χ2v) is 8.40. The Hall–Kier alpha value is -2.97. The number of rotatable bonds is 6. The van der Waals surface area contributed by atoms with Gasteiger partial charge in [0.1, 0.15) is 17.3 Å². The van der Waals surface area contributed by atoms with Crippen molar-refractivity contribution in [2.75, 3.05) is 14.2 Å². The third-order valence-corrected chi connectivity index (χ3v) is 6.18. The summed E-state index contributed by atoms with van der Waals surface area (Å²) in [7, 11) is 3.17. The first-order valence-electron chi connectivity index (χ1n) is 9.38. The summed E-state index contributed by atoms with van der Waals surface area (Å²) in [6.07, 6.45) is 3.40. The fourth-order valence-electron chi connectivity index (χ4n) is 3.04. The number of ether oxygens (including phenoxy) is 2. The van der Waals surface area contributed by atoms with Crippen molar-refractivity contribution in [3.8, 4) is 11.5 Å². The van der Waals surface area contributed by atoms with Gasteiger partial charge in [-0.1, -0.05) is 18.2 Å². The molecule has 158 valence electrons. The van der Waals surface area contributed by atoms with Crippen LogP contribution in [-0.4, -0.2) is 30.2 Å². The van der Waals surface area contributed by atoms with Gasteiger partial charge in [0.05, 0.1) is 42.1 Å². The van der Waals surface area contributed by atoms with E-state index in [2.05, 4.69) is 15.9 Å². The van der Waals surface area contributed by atoms with Crippen LogP contribution in [0.1, 0.15) is 11.3 Å². The molecule has 1 amide bonds. The van der Waals surface area contributed by atoms with Crippen molar-refractivity contribution in [3.63, 3.8) is 0 Å². The first-order chi connectivity index (χ1) is 15.1. The Balaban J connectivity index is 1.73. The zero-order valence-corrected chi connectivity index (χ0v) is 19.3. The molecule has 0 bridgehead atoms. The lowest BCUT2D eigenvalue weighted by Gasteiger charge is -2.14. The third-order valence-electron chi connectivity index (χ3n) is 4.55. The monoisotopic (exact) mass is 498 g/mol. The van der Waals surface area contributed by atoms with Gasteiger partial charge in [0, 0.05) is 11.6 Å². The second kappa shape index (κ2) is 9.45. The molecule has 1 saturated heterocycles. The lowest BCUT2D eigenvalue weighted by molar-refractivity contribution is -0.122. The standard InChI is InChI=1S/C23H19BrN2O4S/c1-28-19-13-20(29-2)18(24)11-15(19)12-21-22(27)26(14-17-9-6-10-30-17)23(31-21)25-16-7-4-3-5-8-16/h3-13H,14H2,1-2H3/b21-12-,25-23?. The van der Waals surface area contributed by atoms with Gasteiger partial charge in [-0.3, -0.25) is 9.69 Å². The average molecular weight is 499 g/mol. The van der Waals surface area contributed by atoms with Crippen LogP contribution in [0.25, 0.3) is 6.08 Å². The summed E-state index contributed by atoms with van der Waals surface area (Å²) >= 11 is 4.81. The number of hydrogen-bond donors (Lipinski definition) is 0. The van der Waals surface area contributed by atoms with Gasteiger partial charge in [0.15, 0.2) is 5.17 Å². The van der Waals surface area contributed by atoms with Crippen molar-refractivity contribution in [1.29, 1.82) is 0 Å². The maximum atomic E-state index is 13.3. The van der Waals surface area contributed by atoms with Gasteiger partial charge >= 0.3 is 0 Å². The van der Waals surface area contributed by atoms with E-state index in [1.54, 1.807) is 43.6 Å². The van der Waals surface area contributed by atoms with Crippen LogP contribution in [0, 0.1) is 0 Å². The smallest absolute Gasteiger partial charge is 0.267 e. The first kappa shape index (κ1) is 21.3. The molecule has 31 heavy (non-hydrogen) atoms. The fraction of sp³-hybridized carbons (Fsp3) is 0.130. The highest BCUT2D eigenvalue weighted by Gasteiger charge is 2.34. The number of aliphatic imine (C=N–C) groups is 1. The third kappa shape index (κ3) is 4.70. The number of amides is 1. The number of methoxy groups -OCH3 is 2. The average Bonchev–Trinajstić information content (AvgIpc) is 3.39. The largest absolute Gasteiger partial charge is 0.496 e. The van der Waals surface area contributed by atoms with Crippen molar-refractivity contribution < 1.29 is 18.7 Å². The Labute approximate surface area is 192 Å². The Bertz CT molecular complexity index is 1140. The number of benzene rings is 2. The van der Waals surface area contributed by atoms with Gasteiger partial charge in [-0.05, 0) is 64.1 Å². The minimum atomic E-state index is -0.148. The molecule has 0 unspecified atom stereocenters. The molecular weight excluding hydrogens is 480 g/mol. The number of halogens is 1. The first-order valence-corrected chi connectivity index (χ1v) is 11.0. The predicted molar refractivity (Wildman–Crippen MR) is 126 cm³/mol. The van der Waals surface area contributed by atoms with Gasteiger partial charge < -0.3 is 13.9 Å². The molecule has 4 rings (SSSR count). The number of hydrogen-bond acceptors (Lipinski definition) is 6. The van der Waals surface area contributed by atoms with Crippen LogP contribution in [0.2, 0.25) is 0 Å². The van der Waals surface area contributed by atoms with E-state index in [4.69, 9.17) is 18.9 Å². The zero-order chi connectivity index (χ0) is 21.8. The van der Waals surface area contributed by atoms with E-state index in [1.165, 1.54) is 11.8 Å². The highest BCUT2D eigenvalue weighted by molar-refractivity contribution is 9.10. The lowest BCUT2D eigenvalue weighted by Crippen LogP contribution is -2.28. The summed E-state index contributed by atoms with van der Waals surface area (Å²) in [5, 5.41) is 0.588. The summed E-state index contributed by atoms with van der Waals surface area (Å²) in [5.74, 6) is 1.79. The lowest BCUT2D eigenvalue weighted by atomic mass is 10.1. The van der Waals surface area contributed by atoms with E-state index in [0.717, 1.165) is 15.7 Å². The molecule has 3 aromatic rings. The van der Waals surface area contributed by atoms with Gasteiger partial charge in [-0.25, -0.2) is 4.99 Å². The maximum absolute atomic E-state index is 13.3. The van der Waals surface area contributed by atoms with E-state index in [-0.39, 0.29) is 5.91 Å². The Kier molecular flexibility index (Phi) is 6.48. The van der Waals surface area contributed by atoms with E-state index >= 15 is 0 Å². The molecule has 0 atom stereocenters. The molecule has 0 spiro atoms. The molecule has 1 fully saturated rings. The SMILES string of the molecule is COc1cc(OC)c(/C=C2\SC(=Nc3ccccc3)N(Cc3ccco3)C2=O)cc1Br. The molecule has 2 heterocycles. The fourth-order valence-corrected chi connectivity index (χ4v) is 4.55. The number of amidine groups is 1. The van der Waals surface area contributed by atoms with Gasteiger partial charge in [0.25, 0.3) is 5.91 Å². The summed E-state index contributed by atoms with van der Waals surface area (Å²) in [5.41, 5.74) is 1.53. The molecular formula is C23H19BrN2O4S. The summed E-state index contributed by atoms with van der Waals surface area (Å²) in [6.45, 7) is 0.297. The number of thioether (sulfide) groups is 1. The number of carbonyl (C=O) groups excluding carboxylic acids is 1. The van der Waals surface area contributed by atoms with Crippen LogP contribution in [0.3, 0.4) is 0 Å². The number of furan rings is 1. The Morgan fingerprint density at radius 2 is 1.87 bits per heavy atom. The molecule has 1 aliphatic heterocycles. The van der Waals surface area contributed by atoms with E-state index in [0.29, 0.717) is 33.9 Å². The van der Waals surface area contributed by atoms with E-state index in [1.807, 2.05) is 42.5 Å². The van der Waals surface area contributed by atoms with Crippen LogP contribution in [-0.2, 0) is 11.3 Å². The van der Waals surface area contributed by atoms with Crippen molar-refractivity contribution in [3.05, 3.63) is 81.6 Å². The van der Waals surface area contributed by atoms with Crippen LogP contribution >= 0.6 is 27.7 Å². The molecule has 1 aromatic heterocycles. The van der Waals surface area contributed by atoms with Crippen molar-refractivity contribution in [2.24, 2.45) is 4.99 Å². The molecule has 0 aliphatic carbocycles. The predicted octanol–water partition coefficient (Wildman–Crippen LogP) is 5.86. The Morgan fingerprint density at radius 3 is 2.55 bits per heavy atom. The summed E-state index contributed by atoms with van der Waals surface area (Å²) in [6, 6.07) is 16.8. The summed E-state index contributed by atoms with van der Waals surface area (Å²) < 4.78 is 17.1. The summed E-state index contributed by atoms with van der Waals surface area (Å²) in [4.78, 5) is 20.1. The zero-order valence-electron chi connectivity index (χ0n) is 16.9. The minimum Gasteiger partial charge on any atom is -0.496 e.